The van der Waals surface area contributed by atoms with Crippen molar-refractivity contribution in [3.8, 4) is 0 Å². The van der Waals surface area contributed by atoms with Crippen molar-refractivity contribution in [2.24, 2.45) is 22.2 Å². The number of likely N-dealkylation sites (tertiary alicyclic amines) is 1. The second kappa shape index (κ2) is 8.49. The molecule has 0 amide bonds. The van der Waals surface area contributed by atoms with Crippen LogP contribution < -0.4 is 5.32 Å². The van der Waals surface area contributed by atoms with E-state index >= 15 is 0 Å². The second-order valence-corrected chi connectivity index (χ2v) is 8.75. The lowest BCUT2D eigenvalue weighted by molar-refractivity contribution is -0.107. The Labute approximate surface area is 175 Å². The number of rotatable bonds is 3. The van der Waals surface area contributed by atoms with Crippen LogP contribution in [-0.2, 0) is 9.47 Å². The zero-order valence-electron chi connectivity index (χ0n) is 16.4. The summed E-state index contributed by atoms with van der Waals surface area (Å²) in [4.78, 5) is 9.63. The first kappa shape index (κ1) is 20.6. The van der Waals surface area contributed by atoms with Gasteiger partial charge >= 0.3 is 0 Å². The fourth-order valence-electron chi connectivity index (χ4n) is 5.38. The van der Waals surface area contributed by atoms with E-state index in [1.54, 1.807) is 0 Å². The molecule has 4 rings (SSSR count). The summed E-state index contributed by atoms with van der Waals surface area (Å²) in [5.41, 5.74) is 0.198. The number of hydrogen-bond acceptors (Lipinski definition) is 4. The molecule has 1 saturated carbocycles. The maximum Gasteiger partial charge on any atom is 0.193 e. The largest absolute Gasteiger partial charge is 0.379 e. The number of fused-ring (bicyclic) bond motifs is 1. The van der Waals surface area contributed by atoms with E-state index in [2.05, 4.69) is 34.0 Å². The molecule has 4 aliphatic rings. The van der Waals surface area contributed by atoms with E-state index in [0.717, 1.165) is 57.9 Å². The van der Waals surface area contributed by atoms with Gasteiger partial charge in [-0.3, -0.25) is 9.89 Å². The van der Waals surface area contributed by atoms with Gasteiger partial charge in [0.05, 0.1) is 19.3 Å². The molecule has 0 aromatic heterocycles. The molecule has 1 aliphatic carbocycles. The van der Waals surface area contributed by atoms with Gasteiger partial charge in [-0.25, -0.2) is 0 Å². The van der Waals surface area contributed by atoms with Gasteiger partial charge in [0.15, 0.2) is 5.96 Å². The molecule has 1 N–H and O–H groups in total. The summed E-state index contributed by atoms with van der Waals surface area (Å²) in [7, 11) is 1.92. The van der Waals surface area contributed by atoms with Gasteiger partial charge < -0.3 is 19.7 Å². The number of hydrogen-bond donors (Lipinski definition) is 1. The standard InChI is InChI=1S/C19H34N4O2.HI/c1-19(2)16(15-5-9-25-17(15)19)21-18(20-3)23-6-4-14(13-23)12-22-7-10-24-11-8-22;/h14-17H,4-13H2,1-3H3,(H,20,21);1H. The SMILES string of the molecule is CN=C(NC1C2CCOC2C1(C)C)N1CCC(CN2CCOCC2)C1.I. The maximum atomic E-state index is 5.93. The van der Waals surface area contributed by atoms with Crippen LogP contribution in [0.3, 0.4) is 0 Å². The van der Waals surface area contributed by atoms with Gasteiger partial charge in [0.1, 0.15) is 0 Å². The number of nitrogens with zero attached hydrogens (tertiary/aromatic N) is 3. The highest BCUT2D eigenvalue weighted by molar-refractivity contribution is 14.0. The van der Waals surface area contributed by atoms with Crippen LogP contribution in [0, 0.1) is 17.3 Å². The predicted octanol–water partition coefficient (Wildman–Crippen LogP) is 1.65. The van der Waals surface area contributed by atoms with Gasteiger partial charge in [0.25, 0.3) is 0 Å². The van der Waals surface area contributed by atoms with E-state index in [9.17, 15) is 0 Å². The first-order valence-corrected chi connectivity index (χ1v) is 9.99. The number of aliphatic imine (C=N–C) groups is 1. The molecule has 6 nitrogen and oxygen atoms in total. The summed E-state index contributed by atoms with van der Waals surface area (Å²) in [6, 6.07) is 0.483. The van der Waals surface area contributed by atoms with E-state index in [1.165, 1.54) is 19.4 Å². The summed E-state index contributed by atoms with van der Waals surface area (Å²) in [6.07, 6.45) is 2.87. The second-order valence-electron chi connectivity index (χ2n) is 8.75. The van der Waals surface area contributed by atoms with Gasteiger partial charge in [-0.2, -0.15) is 0 Å². The molecule has 4 unspecified atom stereocenters. The van der Waals surface area contributed by atoms with Gasteiger partial charge in [-0.1, -0.05) is 13.8 Å². The molecule has 0 aromatic carbocycles. The maximum absolute atomic E-state index is 5.93. The lowest BCUT2D eigenvalue weighted by Gasteiger charge is -2.55. The van der Waals surface area contributed by atoms with E-state index in [4.69, 9.17) is 9.47 Å². The Morgan fingerprint density at radius 1 is 1.15 bits per heavy atom. The van der Waals surface area contributed by atoms with E-state index < -0.39 is 0 Å². The molecule has 26 heavy (non-hydrogen) atoms. The Morgan fingerprint density at radius 2 is 1.92 bits per heavy atom. The van der Waals surface area contributed by atoms with Crippen molar-refractivity contribution in [3.63, 3.8) is 0 Å². The summed E-state index contributed by atoms with van der Waals surface area (Å²) < 4.78 is 11.4. The molecule has 0 radical (unpaired) electrons. The zero-order valence-corrected chi connectivity index (χ0v) is 18.8. The highest BCUT2D eigenvalue weighted by Crippen LogP contribution is 2.52. The van der Waals surface area contributed by atoms with Gasteiger partial charge in [0.2, 0.25) is 0 Å². The lowest BCUT2D eigenvalue weighted by atomic mass is 9.57. The van der Waals surface area contributed by atoms with Crippen molar-refractivity contribution in [1.29, 1.82) is 0 Å². The fourth-order valence-corrected chi connectivity index (χ4v) is 5.38. The molecular weight excluding hydrogens is 443 g/mol. The quantitative estimate of drug-likeness (QED) is 0.380. The van der Waals surface area contributed by atoms with Crippen LogP contribution in [0.5, 0.6) is 0 Å². The van der Waals surface area contributed by atoms with Crippen molar-refractivity contribution < 1.29 is 9.47 Å². The molecule has 4 atom stereocenters. The minimum absolute atomic E-state index is 0. The van der Waals surface area contributed by atoms with Gasteiger partial charge in [0, 0.05) is 63.8 Å². The van der Waals surface area contributed by atoms with Crippen LogP contribution in [-0.4, -0.2) is 87.5 Å². The van der Waals surface area contributed by atoms with Gasteiger partial charge in [-0.15, -0.1) is 24.0 Å². The first-order chi connectivity index (χ1) is 12.1. The van der Waals surface area contributed by atoms with E-state index in [0.29, 0.717) is 18.1 Å². The third-order valence-corrected chi connectivity index (χ3v) is 6.80. The molecule has 3 aliphatic heterocycles. The monoisotopic (exact) mass is 478 g/mol. The molecule has 3 saturated heterocycles. The van der Waals surface area contributed by atoms with E-state index in [-0.39, 0.29) is 29.4 Å². The first-order valence-electron chi connectivity index (χ1n) is 9.99. The molecule has 0 bridgehead atoms. The van der Waals surface area contributed by atoms with Crippen LogP contribution >= 0.6 is 24.0 Å². The summed E-state index contributed by atoms with van der Waals surface area (Å²) >= 11 is 0. The topological polar surface area (TPSA) is 49.3 Å². The minimum atomic E-state index is 0. The minimum Gasteiger partial charge on any atom is -0.379 e. The fraction of sp³-hybridized carbons (Fsp3) is 0.947. The van der Waals surface area contributed by atoms with Crippen LogP contribution in [0.25, 0.3) is 0 Å². The molecule has 3 heterocycles. The normalized spacial score (nSPS) is 37.0. The van der Waals surface area contributed by atoms with Crippen molar-refractivity contribution in [2.45, 2.75) is 38.8 Å². The Bertz CT molecular complexity index is 510. The average molecular weight is 478 g/mol. The Morgan fingerprint density at radius 3 is 2.65 bits per heavy atom. The van der Waals surface area contributed by atoms with E-state index in [1.807, 2.05) is 7.05 Å². The van der Waals surface area contributed by atoms with Crippen LogP contribution in [0.1, 0.15) is 26.7 Å². The number of halogens is 1. The molecule has 7 heteroatoms. The molecule has 0 spiro atoms. The Kier molecular flexibility index (Phi) is 6.73. The number of morpholine rings is 1. The lowest BCUT2D eigenvalue weighted by Crippen LogP contribution is -2.68. The smallest absolute Gasteiger partial charge is 0.193 e. The van der Waals surface area contributed by atoms with Crippen molar-refractivity contribution in [3.05, 3.63) is 0 Å². The summed E-state index contributed by atoms with van der Waals surface area (Å²) in [6.45, 7) is 13.0. The number of ether oxygens (including phenoxy) is 2. The molecule has 150 valence electrons. The van der Waals surface area contributed by atoms with Crippen LogP contribution in [0.15, 0.2) is 4.99 Å². The number of guanidine groups is 1. The summed E-state index contributed by atoms with van der Waals surface area (Å²) in [5, 5.41) is 3.79. The average Bonchev–Trinajstić information content (AvgIpc) is 3.25. The summed E-state index contributed by atoms with van der Waals surface area (Å²) in [5.74, 6) is 2.49. The molecule has 4 fully saturated rings. The molecule has 0 aromatic rings. The van der Waals surface area contributed by atoms with Crippen LogP contribution in [0.2, 0.25) is 0 Å². The Balaban J connectivity index is 0.00000196. The zero-order chi connectivity index (χ0) is 17.4. The third kappa shape index (κ3) is 3.86. The van der Waals surface area contributed by atoms with Crippen LogP contribution in [0.4, 0.5) is 0 Å². The highest BCUT2D eigenvalue weighted by atomic mass is 127. The highest BCUT2D eigenvalue weighted by Gasteiger charge is 2.59. The Hall–Kier alpha value is -0.120. The van der Waals surface area contributed by atoms with Crippen molar-refractivity contribution in [1.82, 2.24) is 15.1 Å². The predicted molar refractivity (Wildman–Crippen MR) is 114 cm³/mol. The van der Waals surface area contributed by atoms with Crippen molar-refractivity contribution in [2.75, 3.05) is 59.6 Å². The van der Waals surface area contributed by atoms with Gasteiger partial charge in [-0.05, 0) is 18.8 Å². The number of nitrogens with one attached hydrogen (secondary N) is 1. The molecular formula is C19H35IN4O2. The third-order valence-electron chi connectivity index (χ3n) is 6.80. The van der Waals surface area contributed by atoms with Crippen molar-refractivity contribution >= 4 is 29.9 Å².